The molecule has 23 heavy (non-hydrogen) atoms. The third-order valence-corrected chi connectivity index (χ3v) is 4.15. The summed E-state index contributed by atoms with van der Waals surface area (Å²) in [6, 6.07) is 0.604. The summed E-state index contributed by atoms with van der Waals surface area (Å²) in [4.78, 5) is 9.47. The molecule has 2 N–H and O–H groups in total. The van der Waals surface area contributed by atoms with Gasteiger partial charge < -0.3 is 25.2 Å². The maximum Gasteiger partial charge on any atom is 0.191 e. The van der Waals surface area contributed by atoms with Crippen LogP contribution in [0.15, 0.2) is 4.99 Å². The molecule has 0 radical (unpaired) electrons. The van der Waals surface area contributed by atoms with Crippen LogP contribution in [0.25, 0.3) is 0 Å². The van der Waals surface area contributed by atoms with Gasteiger partial charge in [0.1, 0.15) is 0 Å². The Morgan fingerprint density at radius 3 is 2.74 bits per heavy atom. The molecule has 0 aromatic rings. The molecule has 0 bridgehead atoms. The monoisotopic (exact) mass is 441 g/mol. The quantitative estimate of drug-likeness (QED) is 0.231. The molecule has 0 spiro atoms. The number of hydrogen-bond acceptors (Lipinski definition) is 4. The van der Waals surface area contributed by atoms with Gasteiger partial charge in [0.15, 0.2) is 5.96 Å². The molecule has 1 fully saturated rings. The Labute approximate surface area is 159 Å². The minimum absolute atomic E-state index is 0. The number of nitrogens with zero attached hydrogens (tertiary/aromatic N) is 3. The van der Waals surface area contributed by atoms with Crippen molar-refractivity contribution in [2.45, 2.75) is 32.2 Å². The molecule has 1 unspecified atom stereocenters. The fourth-order valence-corrected chi connectivity index (χ4v) is 2.70. The van der Waals surface area contributed by atoms with Crippen LogP contribution in [-0.4, -0.2) is 88.9 Å². The van der Waals surface area contributed by atoms with Gasteiger partial charge in [0.25, 0.3) is 0 Å². The van der Waals surface area contributed by atoms with Crippen molar-refractivity contribution in [1.29, 1.82) is 0 Å². The van der Waals surface area contributed by atoms with E-state index >= 15 is 0 Å². The second-order valence-electron chi connectivity index (χ2n) is 6.07. The van der Waals surface area contributed by atoms with Gasteiger partial charge in [-0.15, -0.1) is 24.0 Å². The Balaban J connectivity index is 0.00000484. The van der Waals surface area contributed by atoms with E-state index in [1.54, 1.807) is 7.11 Å². The fourth-order valence-electron chi connectivity index (χ4n) is 2.70. The van der Waals surface area contributed by atoms with Crippen molar-refractivity contribution in [3.8, 4) is 0 Å². The third-order valence-electron chi connectivity index (χ3n) is 4.15. The lowest BCUT2D eigenvalue weighted by atomic mass is 10.2. The van der Waals surface area contributed by atoms with E-state index in [1.807, 2.05) is 0 Å². The highest BCUT2D eigenvalue weighted by Gasteiger charge is 2.20. The number of guanidine groups is 1. The lowest BCUT2D eigenvalue weighted by Crippen LogP contribution is -2.42. The number of likely N-dealkylation sites (tertiary alicyclic amines) is 1. The summed E-state index contributed by atoms with van der Waals surface area (Å²) < 4.78 is 5.08. The van der Waals surface area contributed by atoms with E-state index < -0.39 is 0 Å². The molecule has 0 aliphatic carbocycles. The number of hydrogen-bond donors (Lipinski definition) is 2. The van der Waals surface area contributed by atoms with Crippen LogP contribution < -0.4 is 10.6 Å². The molecule has 0 aromatic carbocycles. The Kier molecular flexibility index (Phi) is 14.2. The number of rotatable bonds is 10. The van der Waals surface area contributed by atoms with Crippen LogP contribution in [0.4, 0.5) is 0 Å². The number of likely N-dealkylation sites (N-methyl/N-ethyl adjacent to an activating group) is 2. The molecule has 6 nitrogen and oxygen atoms in total. The average Bonchev–Trinajstić information content (AvgIpc) is 2.90. The van der Waals surface area contributed by atoms with Gasteiger partial charge >= 0.3 is 0 Å². The lowest BCUT2D eigenvalue weighted by Gasteiger charge is -2.20. The van der Waals surface area contributed by atoms with E-state index in [4.69, 9.17) is 9.73 Å². The van der Waals surface area contributed by atoms with Crippen molar-refractivity contribution in [2.24, 2.45) is 4.99 Å². The number of aliphatic imine (C=N–C) groups is 1. The zero-order valence-corrected chi connectivity index (χ0v) is 17.6. The van der Waals surface area contributed by atoms with Crippen molar-refractivity contribution in [3.05, 3.63) is 0 Å². The van der Waals surface area contributed by atoms with Crippen LogP contribution in [0.3, 0.4) is 0 Å². The first-order valence-electron chi connectivity index (χ1n) is 8.57. The second-order valence-corrected chi connectivity index (χ2v) is 6.07. The zero-order chi connectivity index (χ0) is 16.2. The maximum atomic E-state index is 5.08. The van der Waals surface area contributed by atoms with Gasteiger partial charge in [0.2, 0.25) is 0 Å². The fraction of sp³-hybridized carbons (Fsp3) is 0.938. The van der Waals surface area contributed by atoms with Crippen molar-refractivity contribution < 1.29 is 4.74 Å². The highest BCUT2D eigenvalue weighted by atomic mass is 127. The van der Waals surface area contributed by atoms with Crippen LogP contribution in [-0.2, 0) is 4.74 Å². The number of methoxy groups -OCH3 is 1. The van der Waals surface area contributed by atoms with E-state index in [9.17, 15) is 0 Å². The molecule has 1 heterocycles. The molecule has 0 amide bonds. The summed E-state index contributed by atoms with van der Waals surface area (Å²) in [6.07, 6.45) is 3.64. The molecular formula is C16H36IN5O. The lowest BCUT2D eigenvalue weighted by molar-refractivity contribution is 0.180. The van der Waals surface area contributed by atoms with Crippen LogP contribution in [0.5, 0.6) is 0 Å². The van der Waals surface area contributed by atoms with Gasteiger partial charge in [0.05, 0.1) is 6.54 Å². The molecule has 1 aliphatic rings. The summed E-state index contributed by atoms with van der Waals surface area (Å²) in [5.41, 5.74) is 0. The van der Waals surface area contributed by atoms with Crippen molar-refractivity contribution in [3.63, 3.8) is 0 Å². The van der Waals surface area contributed by atoms with Crippen molar-refractivity contribution >= 4 is 29.9 Å². The van der Waals surface area contributed by atoms with Crippen molar-refractivity contribution in [1.82, 2.24) is 20.4 Å². The van der Waals surface area contributed by atoms with E-state index in [1.165, 1.54) is 19.4 Å². The number of halogens is 1. The van der Waals surface area contributed by atoms with E-state index in [2.05, 4.69) is 41.5 Å². The Bertz CT molecular complexity index is 317. The number of ether oxygens (including phenoxy) is 1. The van der Waals surface area contributed by atoms with E-state index in [0.717, 1.165) is 51.7 Å². The van der Waals surface area contributed by atoms with Gasteiger partial charge in [0, 0.05) is 45.9 Å². The van der Waals surface area contributed by atoms with Gasteiger partial charge in [-0.3, -0.25) is 4.99 Å². The predicted octanol–water partition coefficient (Wildman–Crippen LogP) is 1.22. The summed E-state index contributed by atoms with van der Waals surface area (Å²) >= 11 is 0. The van der Waals surface area contributed by atoms with Gasteiger partial charge in [-0.05, 0) is 46.8 Å². The topological polar surface area (TPSA) is 52.1 Å². The maximum absolute atomic E-state index is 5.08. The van der Waals surface area contributed by atoms with Crippen molar-refractivity contribution in [2.75, 3.05) is 67.1 Å². The molecule has 1 saturated heterocycles. The van der Waals surface area contributed by atoms with Crippen LogP contribution >= 0.6 is 24.0 Å². The predicted molar refractivity (Wildman–Crippen MR) is 109 cm³/mol. The zero-order valence-electron chi connectivity index (χ0n) is 15.3. The van der Waals surface area contributed by atoms with Gasteiger partial charge in [-0.1, -0.05) is 0 Å². The molecule has 1 aliphatic heterocycles. The first-order valence-corrected chi connectivity index (χ1v) is 8.57. The van der Waals surface area contributed by atoms with E-state index in [0.29, 0.717) is 6.04 Å². The van der Waals surface area contributed by atoms with Gasteiger partial charge in [-0.25, -0.2) is 0 Å². The van der Waals surface area contributed by atoms with Crippen LogP contribution in [0.2, 0.25) is 0 Å². The summed E-state index contributed by atoms with van der Waals surface area (Å²) in [7, 11) is 6.10. The second kappa shape index (κ2) is 14.2. The molecule has 7 heteroatoms. The van der Waals surface area contributed by atoms with E-state index in [-0.39, 0.29) is 24.0 Å². The SMILES string of the molecule is CCNC(=NCC1CCCN1C)NCCN(C)CCCOC.I. The summed E-state index contributed by atoms with van der Waals surface area (Å²) in [5.74, 6) is 0.938. The Morgan fingerprint density at radius 2 is 2.13 bits per heavy atom. The molecular weight excluding hydrogens is 405 g/mol. The minimum Gasteiger partial charge on any atom is -0.385 e. The normalized spacial score (nSPS) is 19.0. The largest absolute Gasteiger partial charge is 0.385 e. The highest BCUT2D eigenvalue weighted by molar-refractivity contribution is 14.0. The summed E-state index contributed by atoms with van der Waals surface area (Å²) in [5, 5.41) is 6.76. The van der Waals surface area contributed by atoms with Gasteiger partial charge in [-0.2, -0.15) is 0 Å². The smallest absolute Gasteiger partial charge is 0.191 e. The van der Waals surface area contributed by atoms with Crippen LogP contribution in [0, 0.1) is 0 Å². The average molecular weight is 441 g/mol. The third kappa shape index (κ3) is 10.4. The highest BCUT2D eigenvalue weighted by Crippen LogP contribution is 2.14. The summed E-state index contributed by atoms with van der Waals surface area (Å²) in [6.45, 7) is 8.91. The molecule has 1 atom stereocenters. The molecule has 0 saturated carbocycles. The molecule has 138 valence electrons. The molecule has 0 aromatic heterocycles. The first-order chi connectivity index (χ1) is 10.7. The molecule has 1 rings (SSSR count). The number of nitrogens with one attached hydrogen (secondary N) is 2. The Hall–Kier alpha value is -0.120. The van der Waals surface area contributed by atoms with Crippen LogP contribution in [0.1, 0.15) is 26.2 Å². The first kappa shape index (κ1) is 22.9. The standard InChI is InChI=1S/C16H35N5O.HI/c1-5-17-16(19-14-15-8-6-11-21(15)3)18-9-12-20(2)10-7-13-22-4;/h15H,5-14H2,1-4H3,(H2,17,18,19);1H. The Morgan fingerprint density at radius 1 is 1.35 bits per heavy atom. The minimum atomic E-state index is 0.